The lowest BCUT2D eigenvalue weighted by Crippen LogP contribution is -1.98. The molecule has 0 aliphatic heterocycles. The number of anilines is 1. The minimum atomic E-state index is 0.662. The molecular weight excluding hydrogens is 258 g/mol. The van der Waals surface area contributed by atoms with Crippen LogP contribution in [0.25, 0.3) is 16.7 Å². The number of halogens is 1. The molecule has 96 valence electrons. The molecule has 2 N–H and O–H groups in total. The molecule has 0 fully saturated rings. The van der Waals surface area contributed by atoms with Gasteiger partial charge in [0, 0.05) is 5.02 Å². The van der Waals surface area contributed by atoms with Gasteiger partial charge in [0.1, 0.15) is 6.33 Å². The van der Waals surface area contributed by atoms with Crippen molar-refractivity contribution in [2.24, 2.45) is 0 Å². The number of aromatic nitrogens is 2. The maximum atomic E-state index is 6.05. The van der Waals surface area contributed by atoms with Crippen molar-refractivity contribution in [1.29, 1.82) is 0 Å². The Balaban J connectivity index is 2.31. The van der Waals surface area contributed by atoms with Crippen LogP contribution in [0, 0.1) is 13.8 Å². The molecule has 0 aliphatic rings. The van der Waals surface area contributed by atoms with Crippen molar-refractivity contribution in [2.75, 3.05) is 5.73 Å². The highest BCUT2D eigenvalue weighted by atomic mass is 35.5. The summed E-state index contributed by atoms with van der Waals surface area (Å²) in [6, 6.07) is 9.66. The molecule has 3 rings (SSSR count). The Hall–Kier alpha value is -2.00. The van der Waals surface area contributed by atoms with E-state index in [0.29, 0.717) is 10.7 Å². The molecule has 0 unspecified atom stereocenters. The fourth-order valence-corrected chi connectivity index (χ4v) is 2.35. The molecule has 4 heteroatoms. The van der Waals surface area contributed by atoms with Crippen LogP contribution in [0.2, 0.25) is 5.02 Å². The molecule has 2 aromatic carbocycles. The van der Waals surface area contributed by atoms with Crippen molar-refractivity contribution in [3.63, 3.8) is 0 Å². The number of fused-ring (bicyclic) bond motifs is 1. The van der Waals surface area contributed by atoms with Crippen LogP contribution in [0.5, 0.6) is 0 Å². The van der Waals surface area contributed by atoms with E-state index in [2.05, 4.69) is 31.0 Å². The summed E-state index contributed by atoms with van der Waals surface area (Å²) >= 11 is 6.05. The SMILES string of the molecule is Cc1cc2ncn(-c3cc(Cl)ccc3N)c2cc1C. The van der Waals surface area contributed by atoms with Crippen LogP contribution >= 0.6 is 11.6 Å². The number of hydrogen-bond donors (Lipinski definition) is 1. The highest BCUT2D eigenvalue weighted by Gasteiger charge is 2.09. The fraction of sp³-hybridized carbons (Fsp3) is 0.133. The van der Waals surface area contributed by atoms with Crippen molar-refractivity contribution >= 4 is 28.3 Å². The monoisotopic (exact) mass is 271 g/mol. The third kappa shape index (κ3) is 1.96. The molecular formula is C15H14ClN3. The van der Waals surface area contributed by atoms with E-state index in [4.69, 9.17) is 17.3 Å². The van der Waals surface area contributed by atoms with Gasteiger partial charge in [0.25, 0.3) is 0 Å². The van der Waals surface area contributed by atoms with Gasteiger partial charge in [-0.25, -0.2) is 4.98 Å². The minimum absolute atomic E-state index is 0.662. The number of hydrogen-bond acceptors (Lipinski definition) is 2. The average molecular weight is 272 g/mol. The summed E-state index contributed by atoms with van der Waals surface area (Å²) in [7, 11) is 0. The molecule has 0 saturated heterocycles. The van der Waals surface area contributed by atoms with Crippen LogP contribution in [0.3, 0.4) is 0 Å². The van der Waals surface area contributed by atoms with E-state index < -0.39 is 0 Å². The van der Waals surface area contributed by atoms with E-state index in [1.165, 1.54) is 11.1 Å². The van der Waals surface area contributed by atoms with Crippen molar-refractivity contribution in [3.8, 4) is 5.69 Å². The van der Waals surface area contributed by atoms with Gasteiger partial charge in [-0.2, -0.15) is 0 Å². The summed E-state index contributed by atoms with van der Waals surface area (Å²) in [5, 5.41) is 0.662. The second kappa shape index (κ2) is 4.28. The first kappa shape index (κ1) is 12.1. The molecule has 0 radical (unpaired) electrons. The number of aryl methyl sites for hydroxylation is 2. The van der Waals surface area contributed by atoms with Crippen LogP contribution in [0.1, 0.15) is 11.1 Å². The first-order valence-electron chi connectivity index (χ1n) is 6.06. The first-order chi connectivity index (χ1) is 9.06. The third-order valence-corrected chi connectivity index (χ3v) is 3.65. The van der Waals surface area contributed by atoms with Crippen molar-refractivity contribution in [2.45, 2.75) is 13.8 Å². The summed E-state index contributed by atoms with van der Waals surface area (Å²) in [6.07, 6.45) is 1.78. The summed E-state index contributed by atoms with van der Waals surface area (Å²) in [6.45, 7) is 4.18. The molecule has 0 spiro atoms. The van der Waals surface area contributed by atoms with Crippen molar-refractivity contribution in [3.05, 3.63) is 52.8 Å². The predicted octanol–water partition coefficient (Wildman–Crippen LogP) is 3.88. The molecule has 1 heterocycles. The van der Waals surface area contributed by atoms with E-state index >= 15 is 0 Å². The number of nitrogens with two attached hydrogens (primary N) is 1. The summed E-state index contributed by atoms with van der Waals surface area (Å²) in [5.74, 6) is 0. The van der Waals surface area contributed by atoms with Crippen molar-refractivity contribution in [1.82, 2.24) is 9.55 Å². The molecule has 0 aliphatic carbocycles. The standard InChI is InChI=1S/C15H14ClN3/c1-9-5-13-15(6-10(9)2)19(8-18-13)14-7-11(16)3-4-12(14)17/h3-8H,17H2,1-2H3. The Morgan fingerprint density at radius 1 is 1.11 bits per heavy atom. The fourth-order valence-electron chi connectivity index (χ4n) is 2.18. The van der Waals surface area contributed by atoms with Gasteiger partial charge >= 0.3 is 0 Å². The smallest absolute Gasteiger partial charge is 0.100 e. The molecule has 0 atom stereocenters. The highest BCUT2D eigenvalue weighted by molar-refractivity contribution is 6.30. The lowest BCUT2D eigenvalue weighted by atomic mass is 10.1. The Labute approximate surface area is 116 Å². The molecule has 3 aromatic rings. The highest BCUT2D eigenvalue weighted by Crippen LogP contribution is 2.27. The number of nitrogens with zero attached hydrogens (tertiary/aromatic N) is 2. The number of nitrogen functional groups attached to an aromatic ring is 1. The van der Waals surface area contributed by atoms with Gasteiger partial charge < -0.3 is 5.73 Å². The first-order valence-corrected chi connectivity index (χ1v) is 6.44. The zero-order chi connectivity index (χ0) is 13.6. The normalized spacial score (nSPS) is 11.1. The molecule has 19 heavy (non-hydrogen) atoms. The van der Waals surface area contributed by atoms with E-state index in [-0.39, 0.29) is 0 Å². The molecule has 1 aromatic heterocycles. The van der Waals surface area contributed by atoms with E-state index in [9.17, 15) is 0 Å². The lowest BCUT2D eigenvalue weighted by Gasteiger charge is -2.09. The third-order valence-electron chi connectivity index (χ3n) is 3.41. The molecule has 0 amide bonds. The second-order valence-corrected chi connectivity index (χ2v) is 5.18. The van der Waals surface area contributed by atoms with Gasteiger partial charge in [0.05, 0.1) is 22.4 Å². The van der Waals surface area contributed by atoms with Gasteiger partial charge in [-0.15, -0.1) is 0 Å². The Morgan fingerprint density at radius 2 is 1.84 bits per heavy atom. The molecule has 0 saturated carbocycles. The Bertz CT molecular complexity index is 774. The molecule has 3 nitrogen and oxygen atoms in total. The maximum absolute atomic E-state index is 6.05. The van der Waals surface area contributed by atoms with Gasteiger partial charge in [0.15, 0.2) is 0 Å². The average Bonchev–Trinajstić information content (AvgIpc) is 2.76. The largest absolute Gasteiger partial charge is 0.397 e. The molecule has 0 bridgehead atoms. The topological polar surface area (TPSA) is 43.8 Å². The van der Waals surface area contributed by atoms with E-state index in [1.807, 2.05) is 16.7 Å². The zero-order valence-corrected chi connectivity index (χ0v) is 11.6. The van der Waals surface area contributed by atoms with Crippen LogP contribution in [0.4, 0.5) is 5.69 Å². The van der Waals surface area contributed by atoms with E-state index in [1.54, 1.807) is 12.4 Å². The van der Waals surface area contributed by atoms with Crippen LogP contribution < -0.4 is 5.73 Å². The summed E-state index contributed by atoms with van der Waals surface area (Å²) in [4.78, 5) is 4.43. The number of benzene rings is 2. The maximum Gasteiger partial charge on any atom is 0.100 e. The number of imidazole rings is 1. The lowest BCUT2D eigenvalue weighted by molar-refractivity contribution is 1.09. The van der Waals surface area contributed by atoms with Gasteiger partial charge in [-0.1, -0.05) is 11.6 Å². The van der Waals surface area contributed by atoms with Crippen LogP contribution in [-0.4, -0.2) is 9.55 Å². The zero-order valence-electron chi connectivity index (χ0n) is 10.8. The van der Waals surface area contributed by atoms with Crippen molar-refractivity contribution < 1.29 is 0 Å². The summed E-state index contributed by atoms with van der Waals surface area (Å²) in [5.41, 5.74) is 12.0. The van der Waals surface area contributed by atoms with Gasteiger partial charge in [0.2, 0.25) is 0 Å². The minimum Gasteiger partial charge on any atom is -0.397 e. The van der Waals surface area contributed by atoms with E-state index in [0.717, 1.165) is 16.7 Å². The quantitative estimate of drug-likeness (QED) is 0.683. The van der Waals surface area contributed by atoms with Gasteiger partial charge in [-0.3, -0.25) is 4.57 Å². The van der Waals surface area contributed by atoms with Crippen LogP contribution in [0.15, 0.2) is 36.7 Å². The second-order valence-electron chi connectivity index (χ2n) is 4.74. The Morgan fingerprint density at radius 3 is 2.63 bits per heavy atom. The number of rotatable bonds is 1. The van der Waals surface area contributed by atoms with Gasteiger partial charge in [-0.05, 0) is 55.3 Å². The Kier molecular flexibility index (Phi) is 2.72. The van der Waals surface area contributed by atoms with Crippen LogP contribution in [-0.2, 0) is 0 Å². The summed E-state index contributed by atoms with van der Waals surface area (Å²) < 4.78 is 1.98. The predicted molar refractivity (Wildman–Crippen MR) is 80.0 cm³/mol.